The first kappa shape index (κ1) is 11.4. The molecule has 5 heteroatoms. The number of rotatable bonds is 2. The first-order valence-electron chi connectivity index (χ1n) is 4.42. The Kier molecular flexibility index (Phi) is 3.16. The maximum atomic E-state index is 12.1. The summed E-state index contributed by atoms with van der Waals surface area (Å²) in [7, 11) is 0. The molecule has 82 valence electrons. The Morgan fingerprint density at radius 1 is 1.25 bits per heavy atom. The molecular weight excluding hydrogens is 338 g/mol. The van der Waals surface area contributed by atoms with Crippen LogP contribution in [0.3, 0.4) is 0 Å². The van der Waals surface area contributed by atoms with Gasteiger partial charge in [0.15, 0.2) is 5.76 Å². The van der Waals surface area contributed by atoms with Crippen molar-refractivity contribution in [1.29, 1.82) is 0 Å². The van der Waals surface area contributed by atoms with Crippen LogP contribution in [0.2, 0.25) is 0 Å². The smallest absolute Gasteiger partial charge is 0.231 e. The minimum Gasteiger partial charge on any atom is -0.460 e. The molecule has 0 fully saturated rings. The summed E-state index contributed by atoms with van der Waals surface area (Å²) in [5.41, 5.74) is 6.60. The van der Waals surface area contributed by atoms with Crippen molar-refractivity contribution in [3.05, 3.63) is 50.8 Å². The fourth-order valence-electron chi connectivity index (χ4n) is 1.30. The van der Waals surface area contributed by atoms with Crippen molar-refractivity contribution in [2.45, 2.75) is 0 Å². The van der Waals surface area contributed by atoms with Crippen molar-refractivity contribution in [2.75, 3.05) is 5.73 Å². The fourth-order valence-corrected chi connectivity index (χ4v) is 2.05. The van der Waals surface area contributed by atoms with Gasteiger partial charge in [0.1, 0.15) is 0 Å². The summed E-state index contributed by atoms with van der Waals surface area (Å²) in [6.45, 7) is 0. The van der Waals surface area contributed by atoms with Gasteiger partial charge in [-0.05, 0) is 40.2 Å². The standard InChI is InChI=1S/C11H7Br2NO2/c12-6-1-2-9(14)7(5-6)10(15)11-8(13)3-4-16-11/h1-5H,14H2. The van der Waals surface area contributed by atoms with Gasteiger partial charge in [-0.1, -0.05) is 15.9 Å². The van der Waals surface area contributed by atoms with Crippen LogP contribution in [0.4, 0.5) is 5.69 Å². The summed E-state index contributed by atoms with van der Waals surface area (Å²) < 4.78 is 6.53. The fraction of sp³-hybridized carbons (Fsp3) is 0. The zero-order valence-electron chi connectivity index (χ0n) is 8.04. The lowest BCUT2D eigenvalue weighted by molar-refractivity contribution is 0.101. The summed E-state index contributed by atoms with van der Waals surface area (Å²) >= 11 is 6.54. The van der Waals surface area contributed by atoms with Gasteiger partial charge in [0.05, 0.1) is 10.7 Å². The van der Waals surface area contributed by atoms with Crippen LogP contribution in [0, 0.1) is 0 Å². The number of halogens is 2. The highest BCUT2D eigenvalue weighted by Gasteiger charge is 2.18. The van der Waals surface area contributed by atoms with Gasteiger partial charge in [0.25, 0.3) is 0 Å². The Bertz CT molecular complexity index is 549. The van der Waals surface area contributed by atoms with Crippen molar-refractivity contribution in [1.82, 2.24) is 0 Å². The van der Waals surface area contributed by atoms with E-state index in [-0.39, 0.29) is 11.5 Å². The number of hydrogen-bond donors (Lipinski definition) is 1. The summed E-state index contributed by atoms with van der Waals surface area (Å²) in [6, 6.07) is 6.80. The minimum atomic E-state index is -0.240. The van der Waals surface area contributed by atoms with E-state index in [2.05, 4.69) is 31.9 Å². The summed E-state index contributed by atoms with van der Waals surface area (Å²) in [5, 5.41) is 0. The molecule has 0 saturated carbocycles. The van der Waals surface area contributed by atoms with Crippen LogP contribution in [0.5, 0.6) is 0 Å². The van der Waals surface area contributed by atoms with Gasteiger partial charge >= 0.3 is 0 Å². The van der Waals surface area contributed by atoms with Gasteiger partial charge in [0.2, 0.25) is 5.78 Å². The Labute approximate surface area is 109 Å². The molecule has 1 aromatic carbocycles. The van der Waals surface area contributed by atoms with Crippen LogP contribution in [0.1, 0.15) is 16.1 Å². The first-order valence-corrected chi connectivity index (χ1v) is 6.01. The van der Waals surface area contributed by atoms with Gasteiger partial charge in [-0.2, -0.15) is 0 Å². The molecule has 1 heterocycles. The summed E-state index contributed by atoms with van der Waals surface area (Å²) in [4.78, 5) is 12.1. The third-order valence-corrected chi connectivity index (χ3v) is 3.20. The van der Waals surface area contributed by atoms with Gasteiger partial charge in [-0.3, -0.25) is 4.79 Å². The zero-order valence-corrected chi connectivity index (χ0v) is 11.2. The average Bonchev–Trinajstić information content (AvgIpc) is 2.67. The van der Waals surface area contributed by atoms with Gasteiger partial charge in [-0.15, -0.1) is 0 Å². The Morgan fingerprint density at radius 3 is 2.62 bits per heavy atom. The van der Waals surface area contributed by atoms with Gasteiger partial charge < -0.3 is 10.2 Å². The van der Waals surface area contributed by atoms with Gasteiger partial charge in [0, 0.05) is 15.7 Å². The highest BCUT2D eigenvalue weighted by Crippen LogP contribution is 2.25. The second-order valence-electron chi connectivity index (χ2n) is 3.16. The molecule has 0 spiro atoms. The molecule has 0 radical (unpaired) electrons. The predicted octanol–water partition coefficient (Wildman–Crippen LogP) is 3.62. The number of furan rings is 1. The van der Waals surface area contributed by atoms with Crippen LogP contribution in [0.25, 0.3) is 0 Å². The minimum absolute atomic E-state index is 0.240. The number of anilines is 1. The van der Waals surface area contributed by atoms with Crippen LogP contribution in [-0.2, 0) is 0 Å². The number of hydrogen-bond acceptors (Lipinski definition) is 3. The number of nitrogens with two attached hydrogens (primary N) is 1. The van der Waals surface area contributed by atoms with Crippen molar-refractivity contribution in [3.63, 3.8) is 0 Å². The molecule has 16 heavy (non-hydrogen) atoms. The predicted molar refractivity (Wildman–Crippen MR) is 68.4 cm³/mol. The molecule has 0 aliphatic heterocycles. The van der Waals surface area contributed by atoms with Gasteiger partial charge in [-0.25, -0.2) is 0 Å². The second kappa shape index (κ2) is 4.43. The molecule has 2 aromatic rings. The molecule has 0 saturated heterocycles. The molecule has 1 aromatic heterocycles. The highest BCUT2D eigenvalue weighted by molar-refractivity contribution is 9.10. The summed E-state index contributed by atoms with van der Waals surface area (Å²) in [5.74, 6) is 0.0143. The van der Waals surface area contributed by atoms with E-state index in [1.165, 1.54) is 6.26 Å². The van der Waals surface area contributed by atoms with E-state index in [9.17, 15) is 4.79 Å². The molecule has 2 N–H and O–H groups in total. The Balaban J connectivity index is 2.49. The lowest BCUT2D eigenvalue weighted by atomic mass is 10.1. The Hall–Kier alpha value is -1.07. The van der Waals surface area contributed by atoms with E-state index in [1.54, 1.807) is 24.3 Å². The molecule has 0 unspecified atom stereocenters. The van der Waals surface area contributed by atoms with E-state index >= 15 is 0 Å². The average molecular weight is 345 g/mol. The van der Waals surface area contributed by atoms with Crippen LogP contribution >= 0.6 is 31.9 Å². The first-order chi connectivity index (χ1) is 7.59. The lowest BCUT2D eigenvalue weighted by Crippen LogP contribution is -2.04. The maximum absolute atomic E-state index is 12.1. The third-order valence-electron chi connectivity index (χ3n) is 2.08. The van der Waals surface area contributed by atoms with E-state index in [0.29, 0.717) is 15.7 Å². The van der Waals surface area contributed by atoms with Crippen molar-refractivity contribution < 1.29 is 9.21 Å². The molecule has 3 nitrogen and oxygen atoms in total. The maximum Gasteiger partial charge on any atom is 0.231 e. The number of ketones is 1. The number of nitrogen functional groups attached to an aromatic ring is 1. The largest absolute Gasteiger partial charge is 0.460 e. The normalized spacial score (nSPS) is 10.4. The van der Waals surface area contributed by atoms with E-state index in [1.807, 2.05) is 0 Å². The molecular formula is C11H7Br2NO2. The molecule has 0 amide bonds. The number of benzene rings is 1. The highest BCUT2D eigenvalue weighted by atomic mass is 79.9. The van der Waals surface area contributed by atoms with Crippen molar-refractivity contribution in [3.8, 4) is 0 Å². The Morgan fingerprint density at radius 2 is 2.00 bits per heavy atom. The lowest BCUT2D eigenvalue weighted by Gasteiger charge is -2.03. The van der Waals surface area contributed by atoms with E-state index in [4.69, 9.17) is 10.2 Å². The molecule has 0 bridgehead atoms. The quantitative estimate of drug-likeness (QED) is 0.668. The monoisotopic (exact) mass is 343 g/mol. The molecule has 0 aliphatic carbocycles. The van der Waals surface area contributed by atoms with Crippen molar-refractivity contribution in [2.24, 2.45) is 0 Å². The van der Waals surface area contributed by atoms with Crippen molar-refractivity contribution >= 4 is 43.3 Å². The van der Waals surface area contributed by atoms with Crippen LogP contribution in [-0.4, -0.2) is 5.78 Å². The van der Waals surface area contributed by atoms with E-state index < -0.39 is 0 Å². The van der Waals surface area contributed by atoms with E-state index in [0.717, 1.165) is 4.47 Å². The summed E-state index contributed by atoms with van der Waals surface area (Å²) in [6.07, 6.45) is 1.45. The number of carbonyl (C=O) groups excluding carboxylic acids is 1. The second-order valence-corrected chi connectivity index (χ2v) is 4.93. The zero-order chi connectivity index (χ0) is 11.7. The third kappa shape index (κ3) is 2.05. The molecule has 0 aliphatic rings. The van der Waals surface area contributed by atoms with Crippen LogP contribution in [0.15, 0.2) is 43.9 Å². The molecule has 0 atom stereocenters. The molecule has 2 rings (SSSR count). The van der Waals surface area contributed by atoms with Crippen LogP contribution < -0.4 is 5.73 Å². The topological polar surface area (TPSA) is 56.2 Å². The number of carbonyl (C=O) groups is 1. The SMILES string of the molecule is Nc1ccc(Br)cc1C(=O)c1occc1Br.